The quantitative estimate of drug-likeness (QED) is 0.728. The van der Waals surface area contributed by atoms with Crippen LogP contribution in [-0.4, -0.2) is 40.9 Å². The Hall–Kier alpha value is -3.68. The number of nitrogens with zero attached hydrogens (tertiary/aromatic N) is 3. The van der Waals surface area contributed by atoms with Gasteiger partial charge in [-0.15, -0.1) is 0 Å². The number of aliphatic hydroxyl groups excluding tert-OH is 1. The van der Waals surface area contributed by atoms with Crippen molar-refractivity contribution in [2.75, 3.05) is 25.3 Å². The number of ether oxygens (including phenoxy) is 3. The molecule has 28 heavy (non-hydrogen) atoms. The van der Waals surface area contributed by atoms with Crippen LogP contribution < -0.4 is 19.1 Å². The van der Waals surface area contributed by atoms with E-state index in [2.05, 4.69) is 4.98 Å². The van der Waals surface area contributed by atoms with E-state index < -0.39 is 0 Å². The molecule has 8 heteroatoms. The third kappa shape index (κ3) is 2.31. The van der Waals surface area contributed by atoms with Gasteiger partial charge in [-0.1, -0.05) is 0 Å². The molecule has 2 aliphatic heterocycles. The molecule has 2 aromatic carbocycles. The predicted octanol–water partition coefficient (Wildman–Crippen LogP) is 3.08. The molecular weight excluding hydrogens is 360 g/mol. The van der Waals surface area contributed by atoms with Gasteiger partial charge in [0.25, 0.3) is 0 Å². The molecule has 0 aliphatic carbocycles. The van der Waals surface area contributed by atoms with Gasteiger partial charge < -0.3 is 28.8 Å². The summed E-state index contributed by atoms with van der Waals surface area (Å²) in [6.07, 6.45) is 0. The van der Waals surface area contributed by atoms with Crippen LogP contribution in [0.3, 0.4) is 0 Å². The molecule has 5 rings (SSSR count). The number of hydrogen-bond acceptors (Lipinski definition) is 6. The van der Waals surface area contributed by atoms with Crippen LogP contribution in [0.5, 0.6) is 17.2 Å². The fourth-order valence-electron chi connectivity index (χ4n) is 3.62. The average Bonchev–Trinajstić information content (AvgIpc) is 3.37. The maximum atomic E-state index is 10.7. The van der Waals surface area contributed by atoms with Crippen LogP contribution in [0.1, 0.15) is 5.82 Å². The number of aryl methyl sites for hydroxylation is 1. The molecule has 2 N–H and O–H groups in total. The summed E-state index contributed by atoms with van der Waals surface area (Å²) in [7, 11) is 3.48. The van der Waals surface area contributed by atoms with E-state index in [0.717, 1.165) is 16.7 Å². The lowest BCUT2D eigenvalue weighted by molar-refractivity contribution is 0.174. The Morgan fingerprint density at radius 1 is 1.14 bits per heavy atom. The van der Waals surface area contributed by atoms with Gasteiger partial charge in [0.1, 0.15) is 23.2 Å². The Balaban J connectivity index is 1.54. The first-order valence-corrected chi connectivity index (χ1v) is 8.76. The summed E-state index contributed by atoms with van der Waals surface area (Å²) in [5.41, 5.74) is 2.79. The third-order valence-corrected chi connectivity index (χ3v) is 5.08. The van der Waals surface area contributed by atoms with Gasteiger partial charge in [0.2, 0.25) is 6.79 Å². The van der Waals surface area contributed by atoms with E-state index in [-0.39, 0.29) is 24.9 Å². The van der Waals surface area contributed by atoms with Gasteiger partial charge >= 0.3 is 0 Å². The van der Waals surface area contributed by atoms with Gasteiger partial charge in [0, 0.05) is 24.9 Å². The van der Waals surface area contributed by atoms with Gasteiger partial charge in [-0.3, -0.25) is 5.41 Å². The van der Waals surface area contributed by atoms with Crippen LogP contribution in [0.25, 0.3) is 16.6 Å². The molecule has 0 fully saturated rings. The number of rotatable bonds is 3. The van der Waals surface area contributed by atoms with Gasteiger partial charge in [-0.2, -0.15) is 0 Å². The zero-order valence-electron chi connectivity index (χ0n) is 15.4. The normalized spacial score (nSPS) is 15.8. The highest BCUT2D eigenvalue weighted by atomic mass is 16.7. The summed E-state index contributed by atoms with van der Waals surface area (Å²) in [6.45, 7) is 0.384. The lowest BCUT2D eigenvalue weighted by atomic mass is 10.2. The van der Waals surface area contributed by atoms with Crippen LogP contribution in [0.2, 0.25) is 0 Å². The molecule has 8 nitrogen and oxygen atoms in total. The van der Waals surface area contributed by atoms with E-state index in [1.807, 2.05) is 41.9 Å². The molecule has 2 aliphatic rings. The number of fused-ring (bicyclic) bond motifs is 2. The monoisotopic (exact) mass is 378 g/mol. The number of hydrogen-bond donors (Lipinski definition) is 2. The molecule has 0 unspecified atom stereocenters. The number of nitrogens with one attached hydrogen (secondary N) is 1. The van der Waals surface area contributed by atoms with E-state index in [0.29, 0.717) is 28.6 Å². The largest absolute Gasteiger partial charge is 0.509 e. The average molecular weight is 378 g/mol. The van der Waals surface area contributed by atoms with Gasteiger partial charge in [-0.05, 0) is 24.3 Å². The van der Waals surface area contributed by atoms with Gasteiger partial charge in [-0.25, -0.2) is 4.98 Å². The minimum absolute atomic E-state index is 0.105. The molecule has 3 heterocycles. The fraction of sp³-hybridized carbons (Fsp3) is 0.200. The minimum Gasteiger partial charge on any atom is -0.509 e. The molecular formula is C20H18N4O4. The lowest BCUT2D eigenvalue weighted by Gasteiger charge is -2.19. The van der Waals surface area contributed by atoms with E-state index in [9.17, 15) is 5.11 Å². The summed E-state index contributed by atoms with van der Waals surface area (Å²) in [5, 5.41) is 19.3. The van der Waals surface area contributed by atoms with E-state index in [1.165, 1.54) is 0 Å². The molecule has 0 spiro atoms. The maximum Gasteiger partial charge on any atom is 0.231 e. The van der Waals surface area contributed by atoms with Gasteiger partial charge in [0.05, 0.1) is 30.3 Å². The second-order valence-electron chi connectivity index (χ2n) is 6.64. The first-order chi connectivity index (χ1) is 13.6. The van der Waals surface area contributed by atoms with Crippen LogP contribution in [0, 0.1) is 5.41 Å². The number of benzene rings is 2. The topological polar surface area (TPSA) is 92.8 Å². The van der Waals surface area contributed by atoms with Crippen LogP contribution in [0.4, 0.5) is 5.69 Å². The first kappa shape index (κ1) is 16.5. The number of aromatic nitrogens is 2. The van der Waals surface area contributed by atoms with E-state index >= 15 is 0 Å². The summed E-state index contributed by atoms with van der Waals surface area (Å²) >= 11 is 0. The lowest BCUT2D eigenvalue weighted by Crippen LogP contribution is -2.26. The Morgan fingerprint density at radius 2 is 1.96 bits per heavy atom. The van der Waals surface area contributed by atoms with Crippen LogP contribution in [-0.2, 0) is 7.05 Å². The molecule has 0 radical (unpaired) electrons. The Kier molecular flexibility index (Phi) is 3.48. The zero-order valence-corrected chi connectivity index (χ0v) is 15.4. The van der Waals surface area contributed by atoms with Crippen molar-refractivity contribution in [3.8, 4) is 17.2 Å². The summed E-state index contributed by atoms with van der Waals surface area (Å²) in [4.78, 5) is 6.36. The molecule has 0 saturated carbocycles. The number of anilines is 1. The van der Waals surface area contributed by atoms with Crippen molar-refractivity contribution in [3.63, 3.8) is 0 Å². The molecule has 0 saturated heterocycles. The predicted molar refractivity (Wildman–Crippen MR) is 104 cm³/mol. The Labute approximate surface area is 160 Å². The molecule has 0 atom stereocenters. The van der Waals surface area contributed by atoms with Crippen molar-refractivity contribution in [1.82, 2.24) is 9.55 Å². The second kappa shape index (κ2) is 5.91. The SMILES string of the molecule is COc1ccc2c(c1)nc(C1=C(O)CN(c3ccc4c(c3)OCO4)C1=N)n2C. The first-order valence-electron chi connectivity index (χ1n) is 8.76. The molecule has 0 bridgehead atoms. The molecule has 3 aromatic rings. The van der Waals surface area contributed by atoms with Crippen LogP contribution in [0.15, 0.2) is 42.2 Å². The number of methoxy groups -OCH3 is 1. The number of amidine groups is 1. The van der Waals surface area contributed by atoms with Crippen molar-refractivity contribution in [1.29, 1.82) is 5.41 Å². The Morgan fingerprint density at radius 3 is 2.79 bits per heavy atom. The second-order valence-corrected chi connectivity index (χ2v) is 6.64. The van der Waals surface area contributed by atoms with Crippen molar-refractivity contribution < 1.29 is 19.3 Å². The number of imidazole rings is 1. The molecule has 1 aromatic heterocycles. The maximum absolute atomic E-state index is 10.7. The van der Waals surface area contributed by atoms with E-state index in [4.69, 9.17) is 19.6 Å². The van der Waals surface area contributed by atoms with Crippen molar-refractivity contribution in [2.45, 2.75) is 0 Å². The molecule has 142 valence electrons. The van der Waals surface area contributed by atoms with Crippen molar-refractivity contribution in [2.24, 2.45) is 7.05 Å². The minimum atomic E-state index is 0.105. The standard InChI is InChI=1S/C20H18N4O4/c1-23-14-5-4-12(26-2)8-13(14)22-20(23)18-15(25)9-24(19(18)21)11-3-6-16-17(7-11)28-10-27-16/h3-8,21,25H,9-10H2,1-2H3. The highest BCUT2D eigenvalue weighted by molar-refractivity contribution is 6.30. The smallest absolute Gasteiger partial charge is 0.231 e. The van der Waals surface area contributed by atoms with Crippen molar-refractivity contribution >= 4 is 28.1 Å². The summed E-state index contributed by atoms with van der Waals surface area (Å²) in [6, 6.07) is 11.1. The molecule has 0 amide bonds. The van der Waals surface area contributed by atoms with Gasteiger partial charge in [0.15, 0.2) is 11.5 Å². The zero-order chi connectivity index (χ0) is 19.4. The van der Waals surface area contributed by atoms with Crippen molar-refractivity contribution in [3.05, 3.63) is 48.0 Å². The van der Waals surface area contributed by atoms with E-state index in [1.54, 1.807) is 18.1 Å². The third-order valence-electron chi connectivity index (χ3n) is 5.08. The summed E-state index contributed by atoms with van der Waals surface area (Å²) in [5.74, 6) is 2.84. The highest BCUT2D eigenvalue weighted by Crippen LogP contribution is 2.38. The fourth-order valence-corrected chi connectivity index (χ4v) is 3.62. The Bertz CT molecular complexity index is 1160. The van der Waals surface area contributed by atoms with Crippen LogP contribution >= 0.6 is 0 Å². The number of aliphatic hydroxyl groups is 1. The highest BCUT2D eigenvalue weighted by Gasteiger charge is 2.33. The summed E-state index contributed by atoms with van der Waals surface area (Å²) < 4.78 is 17.9.